The average molecular weight is 350 g/mol. The van der Waals surface area contributed by atoms with Gasteiger partial charge in [0.2, 0.25) is 5.89 Å². The quantitative estimate of drug-likeness (QED) is 0.561. The largest absolute Gasteiger partial charge is 0.452 e. The van der Waals surface area contributed by atoms with E-state index in [4.69, 9.17) is 9.15 Å². The summed E-state index contributed by atoms with van der Waals surface area (Å²) >= 11 is 0. The van der Waals surface area contributed by atoms with E-state index in [9.17, 15) is 9.59 Å². The molecule has 0 bridgehead atoms. The summed E-state index contributed by atoms with van der Waals surface area (Å²) in [5.74, 6) is -0.752. The molecule has 6 heteroatoms. The zero-order valence-electron chi connectivity index (χ0n) is 14.5. The van der Waals surface area contributed by atoms with Gasteiger partial charge in [0.15, 0.2) is 12.2 Å². The summed E-state index contributed by atoms with van der Waals surface area (Å²) in [5, 5.41) is 2.75. The Morgan fingerprint density at radius 1 is 1.12 bits per heavy atom. The lowest BCUT2D eigenvalue weighted by molar-refractivity contribution is -0.142. The molecule has 132 valence electrons. The second-order valence-corrected chi connectivity index (χ2v) is 5.78. The first-order chi connectivity index (χ1) is 12.5. The van der Waals surface area contributed by atoms with E-state index >= 15 is 0 Å². The van der Waals surface area contributed by atoms with E-state index in [1.54, 1.807) is 6.07 Å². The number of aromatic nitrogens is 1. The molecule has 1 heterocycles. The molecule has 0 aliphatic carbocycles. The summed E-state index contributed by atoms with van der Waals surface area (Å²) in [6.45, 7) is 3.43. The Morgan fingerprint density at radius 2 is 1.85 bits per heavy atom. The molecule has 2 aromatic carbocycles. The Bertz CT molecular complexity index is 935. The first-order valence-corrected chi connectivity index (χ1v) is 8.09. The maximum absolute atomic E-state index is 12.0. The molecule has 1 N–H and O–H groups in total. The van der Waals surface area contributed by atoms with Gasteiger partial charge in [-0.1, -0.05) is 30.3 Å². The Labute approximate surface area is 150 Å². The van der Waals surface area contributed by atoms with Crippen molar-refractivity contribution in [2.75, 3.05) is 11.9 Å². The molecule has 3 aromatic rings. The highest BCUT2D eigenvalue weighted by Crippen LogP contribution is 2.19. The zero-order valence-corrected chi connectivity index (χ0v) is 14.5. The number of nitrogens with one attached hydrogen (secondary N) is 1. The predicted octanol–water partition coefficient (Wildman–Crippen LogP) is 3.64. The number of fused-ring (bicyclic) bond motifs is 1. The summed E-state index contributed by atoms with van der Waals surface area (Å²) in [4.78, 5) is 27.9. The van der Waals surface area contributed by atoms with Crippen LogP contribution in [0.25, 0.3) is 17.2 Å². The molecule has 26 heavy (non-hydrogen) atoms. The lowest BCUT2D eigenvalue weighted by Gasteiger charge is -2.11. The topological polar surface area (TPSA) is 81.4 Å². The Morgan fingerprint density at radius 3 is 2.58 bits per heavy atom. The molecule has 0 aliphatic heterocycles. The summed E-state index contributed by atoms with van der Waals surface area (Å²) in [6, 6.07) is 13.0. The molecule has 0 spiro atoms. The fourth-order valence-electron chi connectivity index (χ4n) is 2.47. The van der Waals surface area contributed by atoms with Gasteiger partial charge in [0.1, 0.15) is 5.52 Å². The number of rotatable bonds is 5. The Balaban J connectivity index is 1.54. The van der Waals surface area contributed by atoms with Gasteiger partial charge in [-0.25, -0.2) is 9.78 Å². The van der Waals surface area contributed by atoms with Crippen LogP contribution < -0.4 is 5.32 Å². The number of carbonyl (C=O) groups excluding carboxylic acids is 2. The number of anilines is 1. The van der Waals surface area contributed by atoms with Gasteiger partial charge in [0.25, 0.3) is 5.91 Å². The van der Waals surface area contributed by atoms with Crippen molar-refractivity contribution in [1.29, 1.82) is 0 Å². The minimum atomic E-state index is -0.649. The van der Waals surface area contributed by atoms with Gasteiger partial charge in [-0.05, 0) is 37.1 Å². The first-order valence-electron chi connectivity index (χ1n) is 8.09. The number of aryl methyl sites for hydroxylation is 2. The van der Waals surface area contributed by atoms with Crippen LogP contribution in [-0.4, -0.2) is 23.5 Å². The maximum Gasteiger partial charge on any atom is 0.331 e. The SMILES string of the molecule is Cc1cccc(C)c1NC(=O)COC(=O)/C=C/c1nc2ccccc2o1. The summed E-state index contributed by atoms with van der Waals surface area (Å²) in [6.07, 6.45) is 2.59. The van der Waals surface area contributed by atoms with Gasteiger partial charge in [-0.15, -0.1) is 0 Å². The average Bonchev–Trinajstić information content (AvgIpc) is 3.04. The second-order valence-electron chi connectivity index (χ2n) is 5.78. The molecule has 3 rings (SSSR count). The van der Waals surface area contributed by atoms with Crippen LogP contribution in [0.1, 0.15) is 17.0 Å². The molecule has 0 unspecified atom stereocenters. The number of benzene rings is 2. The maximum atomic E-state index is 12.0. The van der Waals surface area contributed by atoms with Crippen LogP contribution in [0.15, 0.2) is 53.0 Å². The highest BCUT2D eigenvalue weighted by molar-refractivity contribution is 5.95. The van der Waals surface area contributed by atoms with Crippen molar-refractivity contribution < 1.29 is 18.7 Å². The summed E-state index contributed by atoms with van der Waals surface area (Å²) in [5.41, 5.74) is 3.96. The number of amides is 1. The molecule has 0 aliphatic rings. The zero-order chi connectivity index (χ0) is 18.5. The van der Waals surface area contributed by atoms with Crippen LogP contribution in [0.4, 0.5) is 5.69 Å². The van der Waals surface area contributed by atoms with E-state index in [1.807, 2.05) is 50.2 Å². The van der Waals surface area contributed by atoms with Crippen molar-refractivity contribution in [2.24, 2.45) is 0 Å². The number of carbonyl (C=O) groups is 2. The minimum Gasteiger partial charge on any atom is -0.452 e. The Kier molecular flexibility index (Phi) is 5.12. The fourth-order valence-corrected chi connectivity index (χ4v) is 2.47. The number of ether oxygens (including phenoxy) is 1. The van der Waals surface area contributed by atoms with Crippen molar-refractivity contribution in [3.05, 3.63) is 65.6 Å². The summed E-state index contributed by atoms with van der Waals surface area (Å²) < 4.78 is 10.4. The number of esters is 1. The molecular weight excluding hydrogens is 332 g/mol. The minimum absolute atomic E-state index is 0.295. The van der Waals surface area contributed by atoms with Gasteiger partial charge in [0.05, 0.1) is 0 Å². The van der Waals surface area contributed by atoms with E-state index in [-0.39, 0.29) is 6.61 Å². The van der Waals surface area contributed by atoms with Crippen LogP contribution in [0, 0.1) is 13.8 Å². The first kappa shape index (κ1) is 17.4. The second kappa shape index (κ2) is 7.65. The molecule has 6 nitrogen and oxygen atoms in total. The molecule has 0 fully saturated rings. The number of hydrogen-bond donors (Lipinski definition) is 1. The molecule has 0 radical (unpaired) electrons. The molecule has 0 saturated carbocycles. The van der Waals surface area contributed by atoms with Gasteiger partial charge >= 0.3 is 5.97 Å². The van der Waals surface area contributed by atoms with Crippen LogP contribution in [0.3, 0.4) is 0 Å². The number of nitrogens with zero attached hydrogens (tertiary/aromatic N) is 1. The van der Waals surface area contributed by atoms with Gasteiger partial charge in [-0.2, -0.15) is 0 Å². The molecule has 1 aromatic heterocycles. The van der Waals surface area contributed by atoms with Gasteiger partial charge in [0, 0.05) is 17.8 Å². The molecule has 0 saturated heterocycles. The predicted molar refractivity (Wildman–Crippen MR) is 98.5 cm³/mol. The van der Waals surface area contributed by atoms with E-state index < -0.39 is 11.9 Å². The number of para-hydroxylation sites is 3. The van der Waals surface area contributed by atoms with E-state index in [0.717, 1.165) is 16.8 Å². The molecular formula is C20H18N2O4. The highest BCUT2D eigenvalue weighted by atomic mass is 16.5. The fraction of sp³-hybridized carbons (Fsp3) is 0.150. The van der Waals surface area contributed by atoms with Crippen molar-refractivity contribution >= 4 is 34.7 Å². The molecule has 1 amide bonds. The standard InChI is InChI=1S/C20H18N2O4/c1-13-6-5-7-14(2)20(13)22-17(23)12-25-19(24)11-10-18-21-15-8-3-4-9-16(15)26-18/h3-11H,12H2,1-2H3,(H,22,23)/b11-10+. The van der Waals surface area contributed by atoms with Gasteiger partial charge in [-0.3, -0.25) is 4.79 Å². The van der Waals surface area contributed by atoms with E-state index in [1.165, 1.54) is 12.2 Å². The van der Waals surface area contributed by atoms with Gasteiger partial charge < -0.3 is 14.5 Å². The van der Waals surface area contributed by atoms with Crippen molar-refractivity contribution in [2.45, 2.75) is 13.8 Å². The third-order valence-corrected chi connectivity index (χ3v) is 3.76. The monoisotopic (exact) mass is 350 g/mol. The van der Waals surface area contributed by atoms with Crippen LogP contribution in [0.2, 0.25) is 0 Å². The number of oxazole rings is 1. The third kappa shape index (κ3) is 4.16. The van der Waals surface area contributed by atoms with Crippen LogP contribution in [-0.2, 0) is 14.3 Å². The number of hydrogen-bond acceptors (Lipinski definition) is 5. The molecule has 0 atom stereocenters. The Hall–Kier alpha value is -3.41. The van der Waals surface area contributed by atoms with Crippen LogP contribution >= 0.6 is 0 Å². The van der Waals surface area contributed by atoms with E-state index in [0.29, 0.717) is 17.0 Å². The lowest BCUT2D eigenvalue weighted by Crippen LogP contribution is -2.21. The smallest absolute Gasteiger partial charge is 0.331 e. The van der Waals surface area contributed by atoms with Crippen molar-refractivity contribution in [3.8, 4) is 0 Å². The van der Waals surface area contributed by atoms with Crippen molar-refractivity contribution in [3.63, 3.8) is 0 Å². The third-order valence-electron chi connectivity index (χ3n) is 3.76. The van der Waals surface area contributed by atoms with E-state index in [2.05, 4.69) is 10.3 Å². The highest BCUT2D eigenvalue weighted by Gasteiger charge is 2.09. The lowest BCUT2D eigenvalue weighted by atomic mass is 10.1. The summed E-state index contributed by atoms with van der Waals surface area (Å²) in [7, 11) is 0. The normalized spacial score (nSPS) is 11.0. The van der Waals surface area contributed by atoms with Crippen molar-refractivity contribution in [1.82, 2.24) is 4.98 Å². The van der Waals surface area contributed by atoms with Crippen LogP contribution in [0.5, 0.6) is 0 Å².